The lowest BCUT2D eigenvalue weighted by molar-refractivity contribution is -0.140. The number of hydrogen-bond acceptors (Lipinski definition) is 7. The van der Waals surface area contributed by atoms with Gasteiger partial charge in [-0.2, -0.15) is 0 Å². The summed E-state index contributed by atoms with van der Waals surface area (Å²) >= 11 is 5.72. The fraction of sp³-hybridized carbons (Fsp3) is 0.308. The van der Waals surface area contributed by atoms with Gasteiger partial charge in [0.05, 0.1) is 18.3 Å². The first-order chi connectivity index (χ1) is 18.3. The summed E-state index contributed by atoms with van der Waals surface area (Å²) < 4.78 is 39.9. The Balaban J connectivity index is 1.65. The van der Waals surface area contributed by atoms with Gasteiger partial charge in [-0.25, -0.2) is 18.7 Å². The maximum atomic E-state index is 14.5. The molecule has 1 aliphatic heterocycles. The molecule has 9 nitrogen and oxygen atoms in total. The molecule has 1 fully saturated rings. The van der Waals surface area contributed by atoms with Crippen LogP contribution in [0.2, 0.25) is 5.02 Å². The number of nitrogens with one attached hydrogen (secondary N) is 2. The molecule has 0 bridgehead atoms. The van der Waals surface area contributed by atoms with Gasteiger partial charge in [-0.15, -0.1) is 0 Å². The molecule has 2 amide bonds. The second-order valence-corrected chi connectivity index (χ2v) is 8.88. The molecule has 12 heteroatoms. The maximum absolute atomic E-state index is 14.5. The predicted octanol–water partition coefficient (Wildman–Crippen LogP) is 4.37. The number of likely N-dealkylation sites (N-methyl/N-ethyl adjacent to an activating group) is 1. The SMILES string of the molecule is C=CC(=O)N1CC[C@H](Oc2cc3c(Nc4ccc(F)c(Cl)c4F)ncnc3cc2OC)C[C@H]1C(=O)NCC. The number of aromatic nitrogens is 2. The van der Waals surface area contributed by atoms with Crippen LogP contribution < -0.4 is 20.1 Å². The first-order valence-electron chi connectivity index (χ1n) is 11.9. The number of carbonyl (C=O) groups excluding carboxylic acids is 2. The molecule has 0 saturated carbocycles. The summed E-state index contributed by atoms with van der Waals surface area (Å²) in [6.07, 6.45) is 2.77. The number of rotatable bonds is 8. The lowest BCUT2D eigenvalue weighted by Crippen LogP contribution is -2.55. The molecular formula is C26H26ClF2N5O4. The highest BCUT2D eigenvalue weighted by Gasteiger charge is 2.36. The Kier molecular flexibility index (Phi) is 8.26. The number of hydrogen-bond donors (Lipinski definition) is 2. The van der Waals surface area contributed by atoms with Crippen LogP contribution in [0.3, 0.4) is 0 Å². The van der Waals surface area contributed by atoms with E-state index in [0.717, 1.165) is 6.07 Å². The summed E-state index contributed by atoms with van der Waals surface area (Å²) in [5.74, 6) is -1.48. The number of benzene rings is 2. The highest BCUT2D eigenvalue weighted by molar-refractivity contribution is 6.31. The molecule has 1 saturated heterocycles. The van der Waals surface area contributed by atoms with Crippen molar-refractivity contribution in [1.29, 1.82) is 0 Å². The molecule has 0 spiro atoms. The molecule has 0 aliphatic carbocycles. The average Bonchev–Trinajstić information content (AvgIpc) is 2.92. The van der Waals surface area contributed by atoms with Gasteiger partial charge < -0.3 is 25.0 Å². The minimum atomic E-state index is -0.958. The van der Waals surface area contributed by atoms with Crippen LogP contribution in [0.4, 0.5) is 20.3 Å². The van der Waals surface area contributed by atoms with Crippen LogP contribution in [0.1, 0.15) is 19.8 Å². The number of nitrogens with zero attached hydrogens (tertiary/aromatic N) is 3. The van der Waals surface area contributed by atoms with Crippen LogP contribution in [-0.4, -0.2) is 59.0 Å². The van der Waals surface area contributed by atoms with Crippen molar-refractivity contribution < 1.29 is 27.8 Å². The van der Waals surface area contributed by atoms with Crippen molar-refractivity contribution in [3.05, 3.63) is 59.9 Å². The summed E-state index contributed by atoms with van der Waals surface area (Å²) in [6, 6.07) is 4.82. The number of amides is 2. The average molecular weight is 546 g/mol. The second kappa shape index (κ2) is 11.6. The van der Waals surface area contributed by atoms with Gasteiger partial charge in [0.15, 0.2) is 17.3 Å². The molecular weight excluding hydrogens is 520 g/mol. The Morgan fingerprint density at radius 3 is 2.76 bits per heavy atom. The van der Waals surface area contributed by atoms with Crippen molar-refractivity contribution in [2.24, 2.45) is 0 Å². The van der Waals surface area contributed by atoms with Crippen molar-refractivity contribution >= 4 is 45.8 Å². The molecule has 3 aromatic rings. The number of ether oxygens (including phenoxy) is 2. The number of likely N-dealkylation sites (tertiary alicyclic amines) is 1. The van der Waals surface area contributed by atoms with Crippen LogP contribution >= 0.6 is 11.6 Å². The summed E-state index contributed by atoms with van der Waals surface area (Å²) in [6.45, 7) is 6.05. The highest BCUT2D eigenvalue weighted by Crippen LogP contribution is 2.37. The number of methoxy groups -OCH3 is 1. The van der Waals surface area contributed by atoms with Crippen molar-refractivity contribution in [2.45, 2.75) is 31.9 Å². The number of anilines is 2. The van der Waals surface area contributed by atoms with Gasteiger partial charge in [0, 0.05) is 37.4 Å². The molecule has 2 N–H and O–H groups in total. The number of piperidine rings is 1. The van der Waals surface area contributed by atoms with Gasteiger partial charge in [-0.3, -0.25) is 9.59 Å². The number of carbonyl (C=O) groups is 2. The zero-order chi connectivity index (χ0) is 27.4. The number of halogens is 3. The summed E-state index contributed by atoms with van der Waals surface area (Å²) in [7, 11) is 1.48. The standard InChI is InChI=1S/C26H26ClF2N5O4/c1-4-22(35)34-9-8-14(10-19(34)26(36)30-5-2)38-21-11-15-18(12-20(21)37-3)31-13-32-25(15)33-17-7-6-16(28)23(27)24(17)29/h4,6-7,11-14,19H,1,5,8-10H2,2-3H3,(H,30,36)(H,31,32,33)/t14-,19-/m0/s1. The van der Waals surface area contributed by atoms with E-state index in [-0.39, 0.29) is 29.7 Å². The molecule has 2 aromatic carbocycles. The molecule has 1 aromatic heterocycles. The first-order valence-corrected chi connectivity index (χ1v) is 12.3. The van der Waals surface area contributed by atoms with Crippen LogP contribution in [0.25, 0.3) is 10.9 Å². The van der Waals surface area contributed by atoms with Crippen molar-refractivity contribution in [1.82, 2.24) is 20.2 Å². The van der Waals surface area contributed by atoms with Gasteiger partial charge in [0.2, 0.25) is 11.8 Å². The third-order valence-corrected chi connectivity index (χ3v) is 6.51. The Bertz CT molecular complexity index is 1390. The lowest BCUT2D eigenvalue weighted by Gasteiger charge is -2.38. The molecule has 4 rings (SSSR count). The molecule has 1 aliphatic rings. The summed E-state index contributed by atoms with van der Waals surface area (Å²) in [5, 5.41) is 5.43. The quantitative estimate of drug-likeness (QED) is 0.320. The maximum Gasteiger partial charge on any atom is 0.246 e. The largest absolute Gasteiger partial charge is 0.493 e. The van der Waals surface area contributed by atoms with Gasteiger partial charge >= 0.3 is 0 Å². The molecule has 2 heterocycles. The van der Waals surface area contributed by atoms with E-state index in [4.69, 9.17) is 21.1 Å². The Hall–Kier alpha value is -3.99. The van der Waals surface area contributed by atoms with E-state index in [1.165, 1.54) is 30.5 Å². The van der Waals surface area contributed by atoms with Crippen LogP contribution in [0.15, 0.2) is 43.2 Å². The van der Waals surface area contributed by atoms with Gasteiger partial charge in [0.25, 0.3) is 0 Å². The monoisotopic (exact) mass is 545 g/mol. The predicted molar refractivity (Wildman–Crippen MR) is 139 cm³/mol. The van der Waals surface area contributed by atoms with Crippen molar-refractivity contribution in [3.63, 3.8) is 0 Å². The summed E-state index contributed by atoms with van der Waals surface area (Å²) in [5.41, 5.74) is 0.408. The fourth-order valence-electron chi connectivity index (χ4n) is 4.31. The van der Waals surface area contributed by atoms with Gasteiger partial charge in [0.1, 0.15) is 35.1 Å². The van der Waals surface area contributed by atoms with E-state index in [1.54, 1.807) is 19.1 Å². The van der Waals surface area contributed by atoms with Gasteiger partial charge in [-0.05, 0) is 31.2 Å². The zero-order valence-corrected chi connectivity index (χ0v) is 21.5. The Labute approximate surface area is 222 Å². The van der Waals surface area contributed by atoms with Crippen molar-refractivity contribution in [2.75, 3.05) is 25.5 Å². The van der Waals surface area contributed by atoms with Crippen LogP contribution in [0, 0.1) is 11.6 Å². The third-order valence-electron chi connectivity index (χ3n) is 6.17. The third kappa shape index (κ3) is 5.47. The zero-order valence-electron chi connectivity index (χ0n) is 20.8. The fourth-order valence-corrected chi connectivity index (χ4v) is 4.47. The van der Waals surface area contributed by atoms with Crippen LogP contribution in [-0.2, 0) is 9.59 Å². The minimum Gasteiger partial charge on any atom is -0.493 e. The normalized spacial score (nSPS) is 17.1. The Morgan fingerprint density at radius 2 is 2.05 bits per heavy atom. The van der Waals surface area contributed by atoms with E-state index < -0.39 is 28.8 Å². The van der Waals surface area contributed by atoms with Crippen LogP contribution in [0.5, 0.6) is 11.5 Å². The van der Waals surface area contributed by atoms with E-state index in [2.05, 4.69) is 27.2 Å². The molecule has 0 radical (unpaired) electrons. The minimum absolute atomic E-state index is 0.0706. The second-order valence-electron chi connectivity index (χ2n) is 8.50. The van der Waals surface area contributed by atoms with Gasteiger partial charge in [-0.1, -0.05) is 18.2 Å². The first kappa shape index (κ1) is 27.1. The molecule has 0 unspecified atom stereocenters. The number of fused-ring (bicyclic) bond motifs is 1. The highest BCUT2D eigenvalue weighted by atomic mass is 35.5. The van der Waals surface area contributed by atoms with E-state index in [9.17, 15) is 18.4 Å². The lowest BCUT2D eigenvalue weighted by atomic mass is 9.98. The molecule has 200 valence electrons. The van der Waals surface area contributed by atoms with E-state index in [0.29, 0.717) is 41.9 Å². The Morgan fingerprint density at radius 1 is 1.26 bits per heavy atom. The van der Waals surface area contributed by atoms with E-state index >= 15 is 0 Å². The topological polar surface area (TPSA) is 106 Å². The molecule has 2 atom stereocenters. The summed E-state index contributed by atoms with van der Waals surface area (Å²) in [4.78, 5) is 35.0. The van der Waals surface area contributed by atoms with Crippen molar-refractivity contribution in [3.8, 4) is 11.5 Å². The smallest absolute Gasteiger partial charge is 0.246 e. The van der Waals surface area contributed by atoms with E-state index in [1.807, 2.05) is 0 Å². The molecule has 38 heavy (non-hydrogen) atoms.